The van der Waals surface area contributed by atoms with Gasteiger partial charge in [0.15, 0.2) is 11.5 Å². The maximum Gasteiger partial charge on any atom is 0.282 e. The number of ether oxygens (including phenoxy) is 2. The molecule has 0 spiro atoms. The number of nitrogens with zero attached hydrogens (tertiary/aromatic N) is 3. The monoisotopic (exact) mass is 397 g/mol. The Kier molecular flexibility index (Phi) is 3.77. The summed E-state index contributed by atoms with van der Waals surface area (Å²) in [5.41, 5.74) is -0.141. The van der Waals surface area contributed by atoms with Crippen LogP contribution in [0.25, 0.3) is 0 Å². The van der Waals surface area contributed by atoms with Crippen molar-refractivity contribution >= 4 is 23.7 Å². The first kappa shape index (κ1) is 17.8. The highest BCUT2D eigenvalue weighted by atomic mass is 16.6. The van der Waals surface area contributed by atoms with Crippen LogP contribution in [0.3, 0.4) is 0 Å². The van der Waals surface area contributed by atoms with Crippen LogP contribution in [0.2, 0.25) is 0 Å². The molecule has 1 saturated heterocycles. The Hall–Kier alpha value is -3.23. The SMILES string of the molecule is COc1cc(/C=N\N2C(=O)[C@@H]3[C@@H]4C=C[C@H]([C@@H]5C[C@H]45)[C@H]3C2=O)c([N+](=O)[O-])cc1OC. The summed E-state index contributed by atoms with van der Waals surface area (Å²) in [6.07, 6.45) is 6.41. The zero-order chi connectivity index (χ0) is 20.4. The standard InChI is InChI=1S/C20H19N3O6/c1-28-15-5-9(14(23(26)27)7-16(15)29-2)8-21-22-19(24)17-10-3-4-11(13-6-12(10)13)18(17)20(22)25/h3-5,7-8,10-13,17-18H,6H2,1-2H3/b21-8-/t10-,11-,12-,13+,17-,18-/m1/s1. The summed E-state index contributed by atoms with van der Waals surface area (Å²) in [5.74, 6) is 0.333. The largest absolute Gasteiger partial charge is 0.493 e. The number of nitro groups is 1. The normalized spacial score (nSPS) is 33.8. The molecule has 1 aliphatic heterocycles. The number of hydrogen-bond acceptors (Lipinski definition) is 7. The average Bonchev–Trinajstić information content (AvgIpc) is 3.50. The van der Waals surface area contributed by atoms with Crippen molar-refractivity contribution in [3.8, 4) is 11.5 Å². The molecule has 0 aromatic heterocycles. The number of allylic oxidation sites excluding steroid dienone is 2. The fourth-order valence-electron chi connectivity index (χ4n) is 5.32. The second-order valence-electron chi connectivity index (χ2n) is 7.91. The fraction of sp³-hybridized carbons (Fsp3) is 0.450. The van der Waals surface area contributed by atoms with E-state index in [2.05, 4.69) is 17.3 Å². The second kappa shape index (κ2) is 6.13. The van der Waals surface area contributed by atoms with E-state index in [0.29, 0.717) is 11.8 Å². The van der Waals surface area contributed by atoms with Crippen LogP contribution in [0.1, 0.15) is 12.0 Å². The van der Waals surface area contributed by atoms with Crippen LogP contribution < -0.4 is 9.47 Å². The minimum Gasteiger partial charge on any atom is -0.493 e. The van der Waals surface area contributed by atoms with Gasteiger partial charge >= 0.3 is 0 Å². The van der Waals surface area contributed by atoms with Gasteiger partial charge in [-0.25, -0.2) is 0 Å². The lowest BCUT2D eigenvalue weighted by atomic mass is 9.63. The lowest BCUT2D eigenvalue weighted by Gasteiger charge is -2.37. The zero-order valence-corrected chi connectivity index (χ0v) is 15.8. The Balaban J connectivity index is 1.48. The van der Waals surface area contributed by atoms with E-state index >= 15 is 0 Å². The molecule has 9 heteroatoms. The maximum atomic E-state index is 12.9. The second-order valence-corrected chi connectivity index (χ2v) is 7.91. The molecular formula is C20H19N3O6. The smallest absolute Gasteiger partial charge is 0.282 e. The fourth-order valence-corrected chi connectivity index (χ4v) is 5.32. The number of imide groups is 1. The van der Waals surface area contributed by atoms with Gasteiger partial charge in [-0.15, -0.1) is 0 Å². The molecule has 3 fully saturated rings. The lowest BCUT2D eigenvalue weighted by Crippen LogP contribution is -2.40. The van der Waals surface area contributed by atoms with Crippen LogP contribution in [0.5, 0.6) is 11.5 Å². The van der Waals surface area contributed by atoms with E-state index < -0.39 is 4.92 Å². The summed E-state index contributed by atoms with van der Waals surface area (Å²) in [7, 11) is 2.79. The quantitative estimate of drug-likeness (QED) is 0.247. The van der Waals surface area contributed by atoms with Gasteiger partial charge in [0.05, 0.1) is 48.8 Å². The molecule has 0 unspecified atom stereocenters. The van der Waals surface area contributed by atoms with Crippen molar-refractivity contribution in [3.05, 3.63) is 40.0 Å². The summed E-state index contributed by atoms with van der Waals surface area (Å²) in [6.45, 7) is 0. The van der Waals surface area contributed by atoms with E-state index in [1.807, 2.05) is 0 Å². The van der Waals surface area contributed by atoms with Crippen LogP contribution in [-0.4, -0.2) is 42.2 Å². The molecule has 150 valence electrons. The first-order chi connectivity index (χ1) is 14.0. The Morgan fingerprint density at radius 1 is 1.07 bits per heavy atom. The third-order valence-corrected chi connectivity index (χ3v) is 6.68. The third-order valence-electron chi connectivity index (χ3n) is 6.68. The van der Waals surface area contributed by atoms with Gasteiger partial charge < -0.3 is 9.47 Å². The van der Waals surface area contributed by atoms with E-state index in [-0.39, 0.29) is 58.2 Å². The highest BCUT2D eigenvalue weighted by Crippen LogP contribution is 2.65. The summed E-state index contributed by atoms with van der Waals surface area (Å²) >= 11 is 0. The average molecular weight is 397 g/mol. The summed E-state index contributed by atoms with van der Waals surface area (Å²) < 4.78 is 10.3. The van der Waals surface area contributed by atoms with Gasteiger partial charge in [0, 0.05) is 0 Å². The van der Waals surface area contributed by atoms with Crippen molar-refractivity contribution in [2.24, 2.45) is 40.6 Å². The topological polar surface area (TPSA) is 111 Å². The first-order valence-corrected chi connectivity index (χ1v) is 9.46. The van der Waals surface area contributed by atoms with Crippen molar-refractivity contribution in [2.75, 3.05) is 14.2 Å². The van der Waals surface area contributed by atoms with Gasteiger partial charge in [-0.2, -0.15) is 10.1 Å². The van der Waals surface area contributed by atoms with Crippen molar-refractivity contribution in [1.82, 2.24) is 5.01 Å². The van der Waals surface area contributed by atoms with Crippen LogP contribution in [0.4, 0.5) is 5.69 Å². The molecule has 29 heavy (non-hydrogen) atoms. The molecule has 0 N–H and O–H groups in total. The van der Waals surface area contributed by atoms with E-state index in [0.717, 1.165) is 11.4 Å². The highest BCUT2D eigenvalue weighted by Gasteiger charge is 2.67. The van der Waals surface area contributed by atoms with Crippen molar-refractivity contribution in [2.45, 2.75) is 6.42 Å². The molecule has 1 aromatic rings. The summed E-state index contributed by atoms with van der Waals surface area (Å²) in [4.78, 5) is 36.8. The summed E-state index contributed by atoms with van der Waals surface area (Å²) in [5, 5.41) is 16.4. The number of methoxy groups -OCH3 is 2. The Morgan fingerprint density at radius 2 is 1.62 bits per heavy atom. The van der Waals surface area contributed by atoms with Gasteiger partial charge in [-0.05, 0) is 36.2 Å². The predicted octanol–water partition coefficient (Wildman–Crippen LogP) is 2.00. The molecule has 1 aromatic carbocycles. The highest BCUT2D eigenvalue weighted by molar-refractivity contribution is 6.06. The van der Waals surface area contributed by atoms with Gasteiger partial charge in [0.25, 0.3) is 17.5 Å². The molecule has 5 aliphatic rings. The minimum absolute atomic E-state index is 0.0991. The van der Waals surface area contributed by atoms with Crippen LogP contribution in [-0.2, 0) is 9.59 Å². The number of benzene rings is 1. The van der Waals surface area contributed by atoms with Crippen LogP contribution in [0.15, 0.2) is 29.4 Å². The number of carbonyl (C=O) groups excluding carboxylic acids is 2. The molecule has 6 rings (SSSR count). The third kappa shape index (κ3) is 2.43. The van der Waals surface area contributed by atoms with Crippen LogP contribution >= 0.6 is 0 Å². The molecule has 2 amide bonds. The van der Waals surface area contributed by atoms with Crippen molar-refractivity contribution in [3.63, 3.8) is 0 Å². The molecular weight excluding hydrogens is 378 g/mol. The molecule has 2 saturated carbocycles. The van der Waals surface area contributed by atoms with E-state index in [1.54, 1.807) is 0 Å². The van der Waals surface area contributed by atoms with Crippen molar-refractivity contribution in [1.29, 1.82) is 0 Å². The molecule has 9 nitrogen and oxygen atoms in total. The lowest BCUT2D eigenvalue weighted by molar-refractivity contribution is -0.385. The molecule has 6 atom stereocenters. The number of rotatable bonds is 5. The minimum atomic E-state index is -0.575. The van der Waals surface area contributed by atoms with Crippen molar-refractivity contribution < 1.29 is 24.0 Å². The van der Waals surface area contributed by atoms with Gasteiger partial charge in [0.1, 0.15) is 0 Å². The number of hydrazone groups is 1. The summed E-state index contributed by atoms with van der Waals surface area (Å²) in [6, 6.07) is 2.63. The zero-order valence-electron chi connectivity index (χ0n) is 15.8. The Bertz CT molecular complexity index is 966. The Labute approximate surface area is 166 Å². The molecule has 2 bridgehead atoms. The number of carbonyl (C=O) groups is 2. The number of hydrogen-bond donors (Lipinski definition) is 0. The maximum absolute atomic E-state index is 12.9. The van der Waals surface area contributed by atoms with Gasteiger partial charge in [-0.1, -0.05) is 12.2 Å². The molecule has 0 radical (unpaired) electrons. The van der Waals surface area contributed by atoms with E-state index in [1.165, 1.54) is 32.6 Å². The van der Waals surface area contributed by atoms with Gasteiger partial charge in [-0.3, -0.25) is 19.7 Å². The molecule has 4 aliphatic carbocycles. The molecule has 1 heterocycles. The van der Waals surface area contributed by atoms with Gasteiger partial charge in [0.2, 0.25) is 0 Å². The number of amides is 2. The van der Waals surface area contributed by atoms with E-state index in [4.69, 9.17) is 9.47 Å². The van der Waals surface area contributed by atoms with Crippen LogP contribution in [0, 0.1) is 45.6 Å². The van der Waals surface area contributed by atoms with E-state index in [9.17, 15) is 19.7 Å². The number of nitro benzene ring substituents is 1. The Morgan fingerprint density at radius 3 is 2.14 bits per heavy atom. The predicted molar refractivity (Wildman–Crippen MR) is 100 cm³/mol. The first-order valence-electron chi connectivity index (χ1n) is 9.46.